The average Bonchev–Trinajstić information content (AvgIpc) is 3.60. The van der Waals surface area contributed by atoms with Crippen molar-refractivity contribution >= 4 is 33.9 Å². The molecule has 0 spiro atoms. The second-order valence-electron chi connectivity index (χ2n) is 14.0. The molecular formula is C54H46N4. The van der Waals surface area contributed by atoms with E-state index in [9.17, 15) is 0 Å². The molecule has 1 heterocycles. The van der Waals surface area contributed by atoms with Crippen LogP contribution in [0.2, 0.25) is 0 Å². The van der Waals surface area contributed by atoms with Crippen molar-refractivity contribution in [2.75, 3.05) is 5.01 Å². The van der Waals surface area contributed by atoms with Gasteiger partial charge in [-0.05, 0) is 82.3 Å². The number of nitrogens with zero attached hydrogens (tertiary/aromatic N) is 4. The summed E-state index contributed by atoms with van der Waals surface area (Å²) in [7, 11) is 0. The second-order valence-corrected chi connectivity index (χ2v) is 14.0. The number of benzene rings is 7. The largest absolute Gasteiger partial charge is 0.234 e. The molecule has 58 heavy (non-hydrogen) atoms. The molecule has 0 N–H and O–H groups in total. The molecule has 0 radical (unpaired) electrons. The number of hydrazone groups is 1. The van der Waals surface area contributed by atoms with Crippen molar-refractivity contribution in [1.82, 2.24) is 9.78 Å². The van der Waals surface area contributed by atoms with Crippen LogP contribution in [-0.4, -0.2) is 15.5 Å². The molecule has 8 aromatic rings. The van der Waals surface area contributed by atoms with Gasteiger partial charge in [0, 0.05) is 16.7 Å². The zero-order chi connectivity index (χ0) is 39.8. The van der Waals surface area contributed by atoms with E-state index in [4.69, 9.17) is 10.2 Å². The van der Waals surface area contributed by atoms with Crippen LogP contribution in [0.3, 0.4) is 0 Å². The summed E-state index contributed by atoms with van der Waals surface area (Å²) in [5.41, 5.74) is 14.7. The van der Waals surface area contributed by atoms with Crippen molar-refractivity contribution in [3.63, 3.8) is 0 Å². The third-order valence-corrected chi connectivity index (χ3v) is 10.4. The number of anilines is 1. The van der Waals surface area contributed by atoms with E-state index in [1.807, 2.05) is 37.1 Å². The van der Waals surface area contributed by atoms with Crippen LogP contribution in [0.4, 0.5) is 5.69 Å². The van der Waals surface area contributed by atoms with Gasteiger partial charge in [0.2, 0.25) is 0 Å². The van der Waals surface area contributed by atoms with E-state index in [2.05, 4.69) is 200 Å². The Balaban J connectivity index is 0.00000231. The Morgan fingerprint density at radius 3 is 2.07 bits per heavy atom. The Labute approximate surface area is 342 Å². The Hall–Kier alpha value is -7.30. The monoisotopic (exact) mass is 750 g/mol. The second kappa shape index (κ2) is 17.2. The van der Waals surface area contributed by atoms with Crippen LogP contribution in [0.1, 0.15) is 43.0 Å². The Morgan fingerprint density at radius 2 is 1.31 bits per heavy atom. The van der Waals surface area contributed by atoms with Gasteiger partial charge in [-0.15, -0.1) is 0 Å². The third-order valence-electron chi connectivity index (χ3n) is 10.4. The zero-order valence-corrected chi connectivity index (χ0v) is 33.3. The summed E-state index contributed by atoms with van der Waals surface area (Å²) in [5.74, 6) is 0. The maximum atomic E-state index is 5.24. The molecule has 282 valence electrons. The van der Waals surface area contributed by atoms with E-state index >= 15 is 0 Å². The predicted molar refractivity (Wildman–Crippen MR) is 247 cm³/mol. The minimum absolute atomic E-state index is 0.800. The first kappa shape index (κ1) is 37.6. The summed E-state index contributed by atoms with van der Waals surface area (Å²) in [5, 5.41) is 14.8. The van der Waals surface area contributed by atoms with E-state index in [1.54, 1.807) is 0 Å². The van der Waals surface area contributed by atoms with Crippen LogP contribution in [0.5, 0.6) is 0 Å². The molecule has 7 aromatic carbocycles. The van der Waals surface area contributed by atoms with Crippen LogP contribution < -0.4 is 5.01 Å². The number of hydrogen-bond donors (Lipinski definition) is 0. The van der Waals surface area contributed by atoms with Gasteiger partial charge in [0.05, 0.1) is 34.2 Å². The summed E-state index contributed by atoms with van der Waals surface area (Å²) in [6.07, 6.45) is 9.54. The first-order valence-corrected chi connectivity index (χ1v) is 20.0. The van der Waals surface area contributed by atoms with Crippen molar-refractivity contribution in [3.8, 4) is 39.3 Å². The van der Waals surface area contributed by atoms with Gasteiger partial charge in [-0.25, -0.2) is 9.69 Å². The number of hydrogen-bond acceptors (Lipinski definition) is 3. The van der Waals surface area contributed by atoms with E-state index in [-0.39, 0.29) is 0 Å². The molecule has 4 heteroatoms. The molecule has 0 saturated carbocycles. The molecule has 0 atom stereocenters. The normalized spacial score (nSPS) is 12.0. The number of rotatable bonds is 9. The minimum atomic E-state index is 0.800. The Morgan fingerprint density at radius 1 is 0.655 bits per heavy atom. The van der Waals surface area contributed by atoms with Gasteiger partial charge in [-0.3, -0.25) is 0 Å². The van der Waals surface area contributed by atoms with Crippen LogP contribution in [0, 0.1) is 0 Å². The third kappa shape index (κ3) is 7.73. The SMILES string of the molecule is C=C(c1ccccc1)N(/N=C(\C)c1cccc2ccccc12)c1ccc(-c2ccc(-n3nc(-c4cccc5c4C=CC=CC5)cc3-c3ccccc3)cc2)cc1.CC. The maximum Gasteiger partial charge on any atom is 0.0940 e. The maximum absolute atomic E-state index is 5.24. The number of fused-ring (bicyclic) bond motifs is 2. The van der Waals surface area contributed by atoms with Gasteiger partial charge < -0.3 is 0 Å². The van der Waals surface area contributed by atoms with Crippen LogP contribution in [0.25, 0.3) is 61.9 Å². The fourth-order valence-electron chi connectivity index (χ4n) is 7.52. The molecule has 1 aliphatic carbocycles. The molecule has 0 bridgehead atoms. The predicted octanol–water partition coefficient (Wildman–Crippen LogP) is 14.1. The van der Waals surface area contributed by atoms with Crippen LogP contribution >= 0.6 is 0 Å². The molecule has 0 amide bonds. The topological polar surface area (TPSA) is 33.4 Å². The highest BCUT2D eigenvalue weighted by molar-refractivity contribution is 6.10. The van der Waals surface area contributed by atoms with Crippen LogP contribution in [0.15, 0.2) is 206 Å². The lowest BCUT2D eigenvalue weighted by Crippen LogP contribution is -2.17. The van der Waals surface area contributed by atoms with Gasteiger partial charge in [0.25, 0.3) is 0 Å². The first-order valence-electron chi connectivity index (χ1n) is 20.0. The highest BCUT2D eigenvalue weighted by atomic mass is 15.5. The Kier molecular flexibility index (Phi) is 11.2. The van der Waals surface area contributed by atoms with Crippen molar-refractivity contribution < 1.29 is 0 Å². The van der Waals surface area contributed by atoms with Crippen molar-refractivity contribution in [1.29, 1.82) is 0 Å². The Bertz CT molecular complexity index is 2770. The van der Waals surface area contributed by atoms with E-state index in [1.165, 1.54) is 21.9 Å². The molecular weight excluding hydrogens is 705 g/mol. The summed E-state index contributed by atoms with van der Waals surface area (Å²) in [6, 6.07) is 61.5. The summed E-state index contributed by atoms with van der Waals surface area (Å²) >= 11 is 0. The highest BCUT2D eigenvalue weighted by Gasteiger charge is 2.18. The number of allylic oxidation sites excluding steroid dienone is 3. The van der Waals surface area contributed by atoms with E-state index in [0.29, 0.717) is 0 Å². The van der Waals surface area contributed by atoms with Gasteiger partial charge in [-0.1, -0.05) is 190 Å². The average molecular weight is 751 g/mol. The smallest absolute Gasteiger partial charge is 0.0940 e. The molecule has 1 aliphatic rings. The molecule has 9 rings (SSSR count). The lowest BCUT2D eigenvalue weighted by atomic mass is 9.97. The van der Waals surface area contributed by atoms with E-state index < -0.39 is 0 Å². The molecule has 0 unspecified atom stereocenters. The van der Waals surface area contributed by atoms with Gasteiger partial charge in [0.15, 0.2) is 0 Å². The van der Waals surface area contributed by atoms with Crippen molar-refractivity contribution in [2.24, 2.45) is 5.10 Å². The summed E-state index contributed by atoms with van der Waals surface area (Å²) in [6.45, 7) is 10.6. The van der Waals surface area contributed by atoms with E-state index in [0.717, 1.165) is 74.0 Å². The van der Waals surface area contributed by atoms with Crippen LogP contribution in [-0.2, 0) is 6.42 Å². The summed E-state index contributed by atoms with van der Waals surface area (Å²) in [4.78, 5) is 0. The van der Waals surface area contributed by atoms with Crippen molar-refractivity contribution in [3.05, 3.63) is 223 Å². The van der Waals surface area contributed by atoms with Crippen molar-refractivity contribution in [2.45, 2.75) is 27.2 Å². The highest BCUT2D eigenvalue weighted by Crippen LogP contribution is 2.35. The van der Waals surface area contributed by atoms with Gasteiger partial charge in [-0.2, -0.15) is 10.2 Å². The first-order chi connectivity index (χ1) is 28.6. The lowest BCUT2D eigenvalue weighted by Gasteiger charge is -2.23. The fraction of sp³-hybridized carbons (Fsp3) is 0.0741. The fourth-order valence-corrected chi connectivity index (χ4v) is 7.52. The lowest BCUT2D eigenvalue weighted by molar-refractivity contribution is 0.892. The zero-order valence-electron chi connectivity index (χ0n) is 33.3. The van der Waals surface area contributed by atoms with Gasteiger partial charge in [0.1, 0.15) is 0 Å². The molecule has 0 saturated heterocycles. The summed E-state index contributed by atoms with van der Waals surface area (Å²) < 4.78 is 2.07. The quantitative estimate of drug-likeness (QED) is 0.109. The minimum Gasteiger partial charge on any atom is -0.234 e. The van der Waals surface area contributed by atoms with Gasteiger partial charge >= 0.3 is 0 Å². The molecule has 0 aliphatic heterocycles. The molecule has 1 aromatic heterocycles. The molecule has 0 fully saturated rings. The number of aromatic nitrogens is 2. The molecule has 4 nitrogen and oxygen atoms in total. The standard InChI is InChI=1S/C52H40N4.C2H6/c1-37(47-26-14-22-42-19-12-13-25-48(42)47)53-55(38(2)39-16-6-3-7-17-39)45-32-28-40(29-33-45)41-30-34-46(35-31-41)56-52(44-20-9-4-10-21-44)36-51(54-56)50-27-15-23-43-18-8-5-11-24-49(43)50;1-2/h3-17,19-36H,2,18H2,1H3;1-2H3/b53-37+;.